The van der Waals surface area contributed by atoms with Gasteiger partial charge in [0, 0.05) is 26.2 Å². The van der Waals surface area contributed by atoms with E-state index in [1.165, 1.54) is 25.7 Å². The second-order valence-corrected chi connectivity index (χ2v) is 4.66. The topological polar surface area (TPSA) is 41.6 Å². The Bertz CT molecular complexity index is 204. The summed E-state index contributed by atoms with van der Waals surface area (Å²) in [5.74, 6) is -0.0672. The quantitative estimate of drug-likeness (QED) is 0.516. The van der Waals surface area contributed by atoms with Gasteiger partial charge in [-0.3, -0.25) is 9.69 Å². The molecule has 1 heterocycles. The maximum Gasteiger partial charge on any atom is 0.320 e. The summed E-state index contributed by atoms with van der Waals surface area (Å²) in [5.41, 5.74) is 0. The summed E-state index contributed by atoms with van der Waals surface area (Å²) < 4.78 is 5.22. The molecule has 1 aliphatic rings. The lowest BCUT2D eigenvalue weighted by atomic mass is 10.2. The van der Waals surface area contributed by atoms with E-state index in [2.05, 4.69) is 17.1 Å². The summed E-state index contributed by atoms with van der Waals surface area (Å²) in [7, 11) is 0. The minimum absolute atomic E-state index is 0.0672. The minimum atomic E-state index is -0.0672. The average Bonchev–Trinajstić information content (AvgIpc) is 2.35. The fraction of sp³-hybridized carbons (Fsp3) is 0.923. The second kappa shape index (κ2) is 9.42. The molecule has 0 aromatic carbocycles. The summed E-state index contributed by atoms with van der Waals surface area (Å²) in [4.78, 5) is 13.7. The van der Waals surface area contributed by atoms with Crippen LogP contribution < -0.4 is 5.32 Å². The monoisotopic (exact) mass is 242 g/mol. The number of rotatable bonds is 8. The molecule has 1 saturated heterocycles. The number of nitrogens with zero attached hydrogens (tertiary/aromatic N) is 1. The molecule has 0 unspecified atom stereocenters. The molecule has 1 N–H and O–H groups in total. The molecule has 0 amide bonds. The number of ether oxygens (including phenoxy) is 1. The molecule has 4 heteroatoms. The zero-order valence-electron chi connectivity index (χ0n) is 11.0. The summed E-state index contributed by atoms with van der Waals surface area (Å²) in [6, 6.07) is 0. The summed E-state index contributed by atoms with van der Waals surface area (Å²) in [5, 5.41) is 3.27. The fourth-order valence-electron chi connectivity index (χ4n) is 1.99. The average molecular weight is 242 g/mol. The second-order valence-electron chi connectivity index (χ2n) is 4.66. The van der Waals surface area contributed by atoms with Crippen LogP contribution >= 0.6 is 0 Å². The first-order valence-corrected chi connectivity index (χ1v) is 6.91. The Balaban J connectivity index is 1.93. The normalized spacial score (nSPS) is 17.0. The van der Waals surface area contributed by atoms with E-state index in [1.807, 2.05) is 0 Å². The third-order valence-corrected chi connectivity index (χ3v) is 3.07. The lowest BCUT2D eigenvalue weighted by Gasteiger charge is -2.25. The van der Waals surface area contributed by atoms with E-state index in [9.17, 15) is 4.79 Å². The minimum Gasteiger partial charge on any atom is -0.465 e. The van der Waals surface area contributed by atoms with Gasteiger partial charge in [0.1, 0.15) is 0 Å². The first-order valence-electron chi connectivity index (χ1n) is 6.91. The Labute approximate surface area is 105 Å². The van der Waals surface area contributed by atoms with Gasteiger partial charge in [-0.05, 0) is 6.42 Å². The van der Waals surface area contributed by atoms with E-state index >= 15 is 0 Å². The number of piperazine rings is 1. The highest BCUT2D eigenvalue weighted by molar-refractivity contribution is 5.71. The number of hydrogen-bond acceptors (Lipinski definition) is 4. The summed E-state index contributed by atoms with van der Waals surface area (Å²) in [6.07, 6.45) is 5.98. The van der Waals surface area contributed by atoms with Crippen LogP contribution in [0.4, 0.5) is 0 Å². The van der Waals surface area contributed by atoms with Gasteiger partial charge in [0.05, 0.1) is 13.2 Å². The van der Waals surface area contributed by atoms with Gasteiger partial charge in [-0.25, -0.2) is 0 Å². The standard InChI is InChI=1S/C13H26N2O2/c1-2-3-4-5-6-11-17-13(16)12-15-9-7-14-8-10-15/h14H,2-12H2,1H3. The molecule has 0 radical (unpaired) electrons. The van der Waals surface area contributed by atoms with Gasteiger partial charge in [0.25, 0.3) is 0 Å². The van der Waals surface area contributed by atoms with Crippen LogP contribution in [-0.4, -0.2) is 50.2 Å². The Kier molecular flexibility index (Phi) is 8.01. The van der Waals surface area contributed by atoms with Crippen LogP contribution in [0.1, 0.15) is 39.0 Å². The highest BCUT2D eigenvalue weighted by Gasteiger charge is 2.13. The molecular weight excluding hydrogens is 216 g/mol. The number of carbonyl (C=O) groups excluding carboxylic acids is 1. The van der Waals surface area contributed by atoms with E-state index in [-0.39, 0.29) is 5.97 Å². The van der Waals surface area contributed by atoms with E-state index in [4.69, 9.17) is 4.74 Å². The molecule has 17 heavy (non-hydrogen) atoms. The Morgan fingerprint density at radius 2 is 1.88 bits per heavy atom. The number of nitrogens with one attached hydrogen (secondary N) is 1. The number of esters is 1. The first-order chi connectivity index (χ1) is 8.33. The maximum absolute atomic E-state index is 11.5. The zero-order chi connectivity index (χ0) is 12.3. The third kappa shape index (κ3) is 7.34. The van der Waals surface area contributed by atoms with Gasteiger partial charge in [-0.2, -0.15) is 0 Å². The molecule has 0 bridgehead atoms. The largest absolute Gasteiger partial charge is 0.465 e. The van der Waals surface area contributed by atoms with Crippen molar-refractivity contribution in [1.82, 2.24) is 10.2 Å². The highest BCUT2D eigenvalue weighted by Crippen LogP contribution is 2.02. The molecule has 0 aromatic rings. The fourth-order valence-corrected chi connectivity index (χ4v) is 1.99. The Morgan fingerprint density at radius 3 is 2.59 bits per heavy atom. The van der Waals surface area contributed by atoms with Crippen molar-refractivity contribution in [3.8, 4) is 0 Å². The lowest BCUT2D eigenvalue weighted by molar-refractivity contribution is -0.145. The highest BCUT2D eigenvalue weighted by atomic mass is 16.5. The molecule has 4 nitrogen and oxygen atoms in total. The van der Waals surface area contributed by atoms with Crippen LogP contribution in [0.3, 0.4) is 0 Å². The summed E-state index contributed by atoms with van der Waals surface area (Å²) >= 11 is 0. The summed E-state index contributed by atoms with van der Waals surface area (Å²) in [6.45, 7) is 7.10. The number of carbonyl (C=O) groups is 1. The Hall–Kier alpha value is -0.610. The van der Waals surface area contributed by atoms with Crippen molar-refractivity contribution in [3.05, 3.63) is 0 Å². The lowest BCUT2D eigenvalue weighted by Crippen LogP contribution is -2.45. The van der Waals surface area contributed by atoms with Crippen molar-refractivity contribution in [2.24, 2.45) is 0 Å². The zero-order valence-corrected chi connectivity index (χ0v) is 11.0. The predicted octanol–water partition coefficient (Wildman–Crippen LogP) is 1.41. The molecule has 100 valence electrons. The predicted molar refractivity (Wildman–Crippen MR) is 69.0 cm³/mol. The Morgan fingerprint density at radius 1 is 1.18 bits per heavy atom. The molecule has 1 rings (SSSR count). The van der Waals surface area contributed by atoms with Crippen molar-refractivity contribution in [3.63, 3.8) is 0 Å². The van der Waals surface area contributed by atoms with Gasteiger partial charge < -0.3 is 10.1 Å². The van der Waals surface area contributed by atoms with Gasteiger partial charge in [-0.15, -0.1) is 0 Å². The molecule has 0 atom stereocenters. The molecule has 0 aliphatic carbocycles. The van der Waals surface area contributed by atoms with Crippen molar-refractivity contribution >= 4 is 5.97 Å². The molecule has 1 aliphatic heterocycles. The van der Waals surface area contributed by atoms with E-state index in [0.717, 1.165) is 32.6 Å². The number of unbranched alkanes of at least 4 members (excludes halogenated alkanes) is 4. The maximum atomic E-state index is 11.5. The van der Waals surface area contributed by atoms with Crippen LogP contribution in [0.25, 0.3) is 0 Å². The molecule has 0 saturated carbocycles. The molecule has 1 fully saturated rings. The van der Waals surface area contributed by atoms with Gasteiger partial charge in [0.2, 0.25) is 0 Å². The van der Waals surface area contributed by atoms with Crippen LogP contribution in [0.5, 0.6) is 0 Å². The van der Waals surface area contributed by atoms with Crippen LogP contribution in [-0.2, 0) is 9.53 Å². The number of hydrogen-bond donors (Lipinski definition) is 1. The van der Waals surface area contributed by atoms with E-state index < -0.39 is 0 Å². The van der Waals surface area contributed by atoms with E-state index in [0.29, 0.717) is 13.2 Å². The van der Waals surface area contributed by atoms with Gasteiger partial charge >= 0.3 is 5.97 Å². The van der Waals surface area contributed by atoms with Crippen molar-refractivity contribution < 1.29 is 9.53 Å². The first kappa shape index (κ1) is 14.5. The molecular formula is C13H26N2O2. The van der Waals surface area contributed by atoms with E-state index in [1.54, 1.807) is 0 Å². The van der Waals surface area contributed by atoms with Gasteiger partial charge in [0.15, 0.2) is 0 Å². The SMILES string of the molecule is CCCCCCCOC(=O)CN1CCNCC1. The molecule has 0 spiro atoms. The van der Waals surface area contributed by atoms with Crippen LogP contribution in [0, 0.1) is 0 Å². The molecule has 0 aromatic heterocycles. The smallest absolute Gasteiger partial charge is 0.320 e. The van der Waals surface area contributed by atoms with Crippen molar-refractivity contribution in [1.29, 1.82) is 0 Å². The van der Waals surface area contributed by atoms with Crippen LogP contribution in [0.2, 0.25) is 0 Å². The third-order valence-electron chi connectivity index (χ3n) is 3.07. The van der Waals surface area contributed by atoms with Gasteiger partial charge in [-0.1, -0.05) is 32.6 Å². The van der Waals surface area contributed by atoms with Crippen molar-refractivity contribution in [2.45, 2.75) is 39.0 Å². The van der Waals surface area contributed by atoms with Crippen molar-refractivity contribution in [2.75, 3.05) is 39.3 Å². The van der Waals surface area contributed by atoms with Crippen LogP contribution in [0.15, 0.2) is 0 Å².